The van der Waals surface area contributed by atoms with E-state index in [1.807, 2.05) is 0 Å². The summed E-state index contributed by atoms with van der Waals surface area (Å²) in [6.07, 6.45) is 2.15. The first kappa shape index (κ1) is 11.7. The van der Waals surface area contributed by atoms with Crippen molar-refractivity contribution in [3.8, 4) is 11.1 Å². The second kappa shape index (κ2) is 5.01. The quantitative estimate of drug-likeness (QED) is 0.664. The van der Waals surface area contributed by atoms with Crippen LogP contribution in [-0.4, -0.2) is 0 Å². The van der Waals surface area contributed by atoms with E-state index in [9.17, 15) is 0 Å². The largest absolute Gasteiger partial charge is 0.0841 e. The lowest BCUT2D eigenvalue weighted by Crippen LogP contribution is -1.83. The van der Waals surface area contributed by atoms with Crippen LogP contribution < -0.4 is 0 Å². The number of aryl methyl sites for hydroxylation is 1. The Bertz CT molecular complexity index is 530. The molecule has 2 aromatic carbocycles. The van der Waals surface area contributed by atoms with E-state index < -0.39 is 0 Å². The molecule has 0 unspecified atom stereocenters. The van der Waals surface area contributed by atoms with Crippen molar-refractivity contribution < 1.29 is 0 Å². The molecule has 0 radical (unpaired) electrons. The lowest BCUT2D eigenvalue weighted by molar-refractivity contribution is 1.46. The Morgan fingerprint density at radius 1 is 0.941 bits per heavy atom. The summed E-state index contributed by atoms with van der Waals surface area (Å²) in [5.74, 6) is 0. The Balaban J connectivity index is 2.43. The maximum absolute atomic E-state index is 2.25. The predicted octanol–water partition coefficient (Wildman–Crippen LogP) is 5.09. The zero-order chi connectivity index (χ0) is 12.3. The molecular weight excluding hydrogens is 204 g/mol. The summed E-state index contributed by atoms with van der Waals surface area (Å²) >= 11 is 0. The van der Waals surface area contributed by atoms with Gasteiger partial charge in [0.15, 0.2) is 0 Å². The minimum atomic E-state index is 1.28. The molecule has 0 bridgehead atoms. The maximum Gasteiger partial charge on any atom is -0.0178 e. The molecule has 86 valence electrons. The van der Waals surface area contributed by atoms with Gasteiger partial charge in [0.2, 0.25) is 0 Å². The van der Waals surface area contributed by atoms with E-state index in [0.717, 1.165) is 0 Å². The molecule has 0 aromatic heterocycles. The first-order valence-corrected chi connectivity index (χ1v) is 6.01. The van der Waals surface area contributed by atoms with E-state index in [1.54, 1.807) is 0 Å². The molecule has 0 fully saturated rings. The van der Waals surface area contributed by atoms with Crippen LogP contribution in [0.2, 0.25) is 0 Å². The van der Waals surface area contributed by atoms with Crippen molar-refractivity contribution in [1.29, 1.82) is 0 Å². The summed E-state index contributed by atoms with van der Waals surface area (Å²) < 4.78 is 0. The molecule has 0 atom stereocenters. The Morgan fingerprint density at radius 3 is 2.29 bits per heavy atom. The van der Waals surface area contributed by atoms with Gasteiger partial charge >= 0.3 is 0 Å². The average molecular weight is 222 g/mol. The molecule has 0 aliphatic heterocycles. The van der Waals surface area contributed by atoms with Gasteiger partial charge in [0.1, 0.15) is 0 Å². The van der Waals surface area contributed by atoms with Gasteiger partial charge in [0.05, 0.1) is 0 Å². The molecule has 0 heterocycles. The minimum Gasteiger partial charge on any atom is -0.0841 e. The van der Waals surface area contributed by atoms with Crippen LogP contribution in [0.15, 0.2) is 54.6 Å². The van der Waals surface area contributed by atoms with E-state index >= 15 is 0 Å². The molecule has 2 aromatic rings. The highest BCUT2D eigenvalue weighted by Crippen LogP contribution is 2.23. The van der Waals surface area contributed by atoms with Gasteiger partial charge in [-0.1, -0.05) is 54.1 Å². The summed E-state index contributed by atoms with van der Waals surface area (Å²) in [4.78, 5) is 0. The normalized spacial score (nSPS) is 11.6. The molecule has 0 aliphatic rings. The molecule has 0 heteroatoms. The topological polar surface area (TPSA) is 0 Å². The van der Waals surface area contributed by atoms with Crippen molar-refractivity contribution in [3.05, 3.63) is 65.7 Å². The summed E-state index contributed by atoms with van der Waals surface area (Å²) in [6.45, 7) is 6.34. The zero-order valence-corrected chi connectivity index (χ0v) is 10.7. The Labute approximate surface area is 104 Å². The molecule has 17 heavy (non-hydrogen) atoms. The highest BCUT2D eigenvalue weighted by atomic mass is 14.0. The van der Waals surface area contributed by atoms with Crippen molar-refractivity contribution in [2.45, 2.75) is 20.8 Å². The molecule has 0 N–H and O–H groups in total. The van der Waals surface area contributed by atoms with Crippen molar-refractivity contribution in [2.24, 2.45) is 0 Å². The van der Waals surface area contributed by atoms with E-state index in [0.29, 0.717) is 0 Å². The number of allylic oxidation sites excluding steroid dienone is 2. The van der Waals surface area contributed by atoms with Crippen LogP contribution >= 0.6 is 0 Å². The Morgan fingerprint density at radius 2 is 1.65 bits per heavy atom. The van der Waals surface area contributed by atoms with E-state index in [4.69, 9.17) is 0 Å². The second-order valence-electron chi connectivity index (χ2n) is 4.42. The van der Waals surface area contributed by atoms with Crippen LogP contribution in [0.3, 0.4) is 0 Å². The van der Waals surface area contributed by atoms with Crippen LogP contribution in [-0.2, 0) is 0 Å². The molecule has 0 saturated carbocycles. The smallest absolute Gasteiger partial charge is 0.0178 e. The van der Waals surface area contributed by atoms with Gasteiger partial charge in [-0.05, 0) is 49.1 Å². The van der Waals surface area contributed by atoms with Crippen molar-refractivity contribution in [2.75, 3.05) is 0 Å². The van der Waals surface area contributed by atoms with E-state index in [-0.39, 0.29) is 0 Å². The van der Waals surface area contributed by atoms with Crippen molar-refractivity contribution >= 4 is 5.57 Å². The van der Waals surface area contributed by atoms with E-state index in [2.05, 4.69) is 75.4 Å². The molecule has 0 nitrogen and oxygen atoms in total. The summed E-state index contributed by atoms with van der Waals surface area (Å²) in [5, 5.41) is 0. The monoisotopic (exact) mass is 222 g/mol. The highest BCUT2D eigenvalue weighted by molar-refractivity contribution is 5.71. The first-order chi connectivity index (χ1) is 8.20. The lowest BCUT2D eigenvalue weighted by Gasteiger charge is -2.06. The predicted molar refractivity (Wildman–Crippen MR) is 75.9 cm³/mol. The third-order valence-electron chi connectivity index (χ3n) is 3.14. The summed E-state index contributed by atoms with van der Waals surface area (Å²) in [7, 11) is 0. The van der Waals surface area contributed by atoms with Crippen molar-refractivity contribution in [1.82, 2.24) is 0 Å². The van der Waals surface area contributed by atoms with Gasteiger partial charge in [-0.25, -0.2) is 0 Å². The SMILES string of the molecule is CC=C(C)c1cccc(-c2ccc(C)cc2)c1. The maximum atomic E-state index is 2.25. The number of hydrogen-bond acceptors (Lipinski definition) is 0. The molecule has 0 spiro atoms. The second-order valence-corrected chi connectivity index (χ2v) is 4.42. The third-order valence-corrected chi connectivity index (χ3v) is 3.14. The molecular formula is C17H18. The van der Waals surface area contributed by atoms with Gasteiger partial charge < -0.3 is 0 Å². The fourth-order valence-corrected chi connectivity index (χ4v) is 1.86. The Hall–Kier alpha value is -1.82. The third kappa shape index (κ3) is 2.65. The Kier molecular flexibility index (Phi) is 3.43. The summed E-state index contributed by atoms with van der Waals surface area (Å²) in [6, 6.07) is 17.4. The molecule has 0 aliphatic carbocycles. The fourth-order valence-electron chi connectivity index (χ4n) is 1.86. The standard InChI is InChI=1S/C17H18/c1-4-14(3)16-6-5-7-17(12-16)15-10-8-13(2)9-11-15/h4-12H,1-3H3. The minimum absolute atomic E-state index is 1.28. The van der Waals surface area contributed by atoms with Gasteiger partial charge in [-0.15, -0.1) is 0 Å². The molecule has 2 rings (SSSR count). The number of hydrogen-bond donors (Lipinski definition) is 0. The van der Waals surface area contributed by atoms with Crippen LogP contribution in [0.1, 0.15) is 25.0 Å². The van der Waals surface area contributed by atoms with Gasteiger partial charge in [-0.3, -0.25) is 0 Å². The number of benzene rings is 2. The van der Waals surface area contributed by atoms with Crippen molar-refractivity contribution in [3.63, 3.8) is 0 Å². The van der Waals surface area contributed by atoms with Gasteiger partial charge in [0.25, 0.3) is 0 Å². The summed E-state index contributed by atoms with van der Waals surface area (Å²) in [5.41, 5.74) is 6.48. The lowest BCUT2D eigenvalue weighted by atomic mass is 9.99. The first-order valence-electron chi connectivity index (χ1n) is 6.01. The number of rotatable bonds is 2. The molecule has 0 amide bonds. The van der Waals surface area contributed by atoms with Gasteiger partial charge in [-0.2, -0.15) is 0 Å². The zero-order valence-electron chi connectivity index (χ0n) is 10.7. The van der Waals surface area contributed by atoms with Crippen LogP contribution in [0.4, 0.5) is 0 Å². The van der Waals surface area contributed by atoms with E-state index in [1.165, 1.54) is 27.8 Å². The average Bonchev–Trinajstić information content (AvgIpc) is 2.39. The fraction of sp³-hybridized carbons (Fsp3) is 0.176. The van der Waals surface area contributed by atoms with Crippen LogP contribution in [0, 0.1) is 6.92 Å². The van der Waals surface area contributed by atoms with Crippen LogP contribution in [0.25, 0.3) is 16.7 Å². The highest BCUT2D eigenvalue weighted by Gasteiger charge is 2.00. The van der Waals surface area contributed by atoms with Gasteiger partial charge in [0, 0.05) is 0 Å². The molecule has 0 saturated heterocycles. The van der Waals surface area contributed by atoms with Crippen LogP contribution in [0.5, 0.6) is 0 Å².